The molecular formula is C12H13N3O2. The van der Waals surface area contributed by atoms with Gasteiger partial charge in [0.2, 0.25) is 11.7 Å². The van der Waals surface area contributed by atoms with Crippen molar-refractivity contribution in [1.82, 2.24) is 15.5 Å². The normalized spacial score (nSPS) is 24.1. The van der Waals surface area contributed by atoms with Gasteiger partial charge in [-0.05, 0) is 6.42 Å². The van der Waals surface area contributed by atoms with Crippen LogP contribution in [-0.2, 0) is 0 Å². The van der Waals surface area contributed by atoms with Crippen LogP contribution in [0, 0.1) is 0 Å². The lowest BCUT2D eigenvalue weighted by Crippen LogP contribution is -2.15. The minimum Gasteiger partial charge on any atom is -0.392 e. The van der Waals surface area contributed by atoms with Gasteiger partial charge in [0.25, 0.3) is 0 Å². The molecule has 0 bridgehead atoms. The Morgan fingerprint density at radius 3 is 2.82 bits per heavy atom. The van der Waals surface area contributed by atoms with E-state index < -0.39 is 0 Å². The predicted molar refractivity (Wildman–Crippen MR) is 61.1 cm³/mol. The van der Waals surface area contributed by atoms with E-state index in [2.05, 4.69) is 15.5 Å². The largest absolute Gasteiger partial charge is 0.392 e. The summed E-state index contributed by atoms with van der Waals surface area (Å²) < 4.78 is 5.22. The van der Waals surface area contributed by atoms with Crippen LogP contribution in [0.15, 0.2) is 34.9 Å². The van der Waals surface area contributed by atoms with Crippen molar-refractivity contribution >= 4 is 0 Å². The average molecular weight is 231 g/mol. The first-order chi connectivity index (χ1) is 8.33. The Morgan fingerprint density at radius 2 is 2.12 bits per heavy atom. The number of aliphatic hydroxyl groups is 1. The molecule has 2 aromatic rings. The third-order valence-electron chi connectivity index (χ3n) is 2.88. The molecular weight excluding hydrogens is 218 g/mol. The third kappa shape index (κ3) is 2.07. The molecule has 3 rings (SSSR count). The molecule has 0 aliphatic carbocycles. The molecule has 1 fully saturated rings. The van der Waals surface area contributed by atoms with Crippen molar-refractivity contribution in [2.24, 2.45) is 0 Å². The van der Waals surface area contributed by atoms with Gasteiger partial charge >= 0.3 is 0 Å². The molecule has 0 unspecified atom stereocenters. The molecule has 0 amide bonds. The second-order valence-electron chi connectivity index (χ2n) is 4.17. The number of rotatable bonds is 2. The number of aromatic nitrogens is 2. The van der Waals surface area contributed by atoms with E-state index in [1.54, 1.807) is 0 Å². The van der Waals surface area contributed by atoms with Crippen molar-refractivity contribution in [1.29, 1.82) is 0 Å². The van der Waals surface area contributed by atoms with Crippen molar-refractivity contribution in [3.63, 3.8) is 0 Å². The van der Waals surface area contributed by atoms with E-state index >= 15 is 0 Å². The lowest BCUT2D eigenvalue weighted by atomic mass is 10.2. The second kappa shape index (κ2) is 4.27. The summed E-state index contributed by atoms with van der Waals surface area (Å²) >= 11 is 0. The number of β-amino-alcohol motifs (C(OH)–C–C–N with tert-alkyl or cyclic N) is 1. The molecule has 1 saturated heterocycles. The van der Waals surface area contributed by atoms with E-state index in [1.807, 2.05) is 30.3 Å². The Kier molecular flexibility index (Phi) is 2.62. The fraction of sp³-hybridized carbons (Fsp3) is 0.333. The highest BCUT2D eigenvalue weighted by molar-refractivity contribution is 5.53. The molecule has 1 aromatic heterocycles. The first-order valence-corrected chi connectivity index (χ1v) is 5.63. The fourth-order valence-electron chi connectivity index (χ4n) is 1.99. The number of nitrogens with zero attached hydrogens (tertiary/aromatic N) is 2. The second-order valence-corrected chi connectivity index (χ2v) is 4.17. The first-order valence-electron chi connectivity index (χ1n) is 5.63. The van der Waals surface area contributed by atoms with Crippen LogP contribution in [0.3, 0.4) is 0 Å². The summed E-state index contributed by atoms with van der Waals surface area (Å²) in [6, 6.07) is 9.65. The average Bonchev–Trinajstić information content (AvgIpc) is 2.98. The predicted octanol–water partition coefficient (Wildman–Crippen LogP) is 1.13. The zero-order chi connectivity index (χ0) is 11.7. The SMILES string of the molecule is O[C@H]1CN[C@@H](c2nc(-c3ccccc3)no2)C1. The molecule has 1 aromatic carbocycles. The number of nitrogens with one attached hydrogen (secondary N) is 1. The zero-order valence-electron chi connectivity index (χ0n) is 9.21. The zero-order valence-corrected chi connectivity index (χ0v) is 9.21. The quantitative estimate of drug-likeness (QED) is 0.810. The van der Waals surface area contributed by atoms with Gasteiger partial charge in [0.05, 0.1) is 12.1 Å². The van der Waals surface area contributed by atoms with E-state index in [0.717, 1.165) is 5.56 Å². The van der Waals surface area contributed by atoms with E-state index in [4.69, 9.17) is 4.52 Å². The van der Waals surface area contributed by atoms with Gasteiger partial charge in [-0.15, -0.1) is 0 Å². The molecule has 17 heavy (non-hydrogen) atoms. The molecule has 5 nitrogen and oxygen atoms in total. The monoisotopic (exact) mass is 231 g/mol. The highest BCUT2D eigenvalue weighted by Gasteiger charge is 2.28. The van der Waals surface area contributed by atoms with Crippen molar-refractivity contribution in [3.05, 3.63) is 36.2 Å². The first kappa shape index (κ1) is 10.4. The van der Waals surface area contributed by atoms with Crippen LogP contribution in [-0.4, -0.2) is 27.9 Å². The Balaban J connectivity index is 1.84. The fourth-order valence-corrected chi connectivity index (χ4v) is 1.99. The number of hydrogen-bond acceptors (Lipinski definition) is 5. The van der Waals surface area contributed by atoms with Crippen LogP contribution < -0.4 is 5.32 Å². The Bertz CT molecular complexity index is 497. The van der Waals surface area contributed by atoms with Gasteiger partial charge in [-0.1, -0.05) is 35.5 Å². The molecule has 88 valence electrons. The molecule has 0 saturated carbocycles. The summed E-state index contributed by atoms with van der Waals surface area (Å²) in [5.74, 6) is 1.13. The molecule has 2 heterocycles. The smallest absolute Gasteiger partial charge is 0.244 e. The lowest BCUT2D eigenvalue weighted by Gasteiger charge is -2.01. The van der Waals surface area contributed by atoms with Gasteiger partial charge in [0.1, 0.15) is 0 Å². The van der Waals surface area contributed by atoms with Crippen LogP contribution in [0.2, 0.25) is 0 Å². The van der Waals surface area contributed by atoms with Crippen molar-refractivity contribution in [2.75, 3.05) is 6.54 Å². The summed E-state index contributed by atoms with van der Waals surface area (Å²) in [6.07, 6.45) is 0.295. The summed E-state index contributed by atoms with van der Waals surface area (Å²) in [4.78, 5) is 4.35. The maximum Gasteiger partial charge on any atom is 0.244 e. The van der Waals surface area contributed by atoms with Gasteiger partial charge in [-0.25, -0.2) is 0 Å². The topological polar surface area (TPSA) is 71.2 Å². The molecule has 5 heteroatoms. The molecule has 0 spiro atoms. The van der Waals surface area contributed by atoms with Gasteiger partial charge in [0, 0.05) is 12.1 Å². The summed E-state index contributed by atoms with van der Waals surface area (Å²) in [5, 5.41) is 16.5. The third-order valence-corrected chi connectivity index (χ3v) is 2.88. The standard InChI is InChI=1S/C12H13N3O2/c16-9-6-10(13-7-9)12-14-11(15-17-12)8-4-2-1-3-5-8/h1-5,9-10,13,16H,6-7H2/t9-,10-/m1/s1. The van der Waals surface area contributed by atoms with Gasteiger partial charge in [0.15, 0.2) is 0 Å². The number of hydrogen-bond donors (Lipinski definition) is 2. The molecule has 2 atom stereocenters. The molecule has 1 aliphatic heterocycles. The van der Waals surface area contributed by atoms with E-state index in [9.17, 15) is 5.11 Å². The Morgan fingerprint density at radius 1 is 1.29 bits per heavy atom. The maximum atomic E-state index is 9.43. The van der Waals surface area contributed by atoms with Crippen LogP contribution in [0.1, 0.15) is 18.4 Å². The summed E-state index contributed by atoms with van der Waals surface area (Å²) in [7, 11) is 0. The van der Waals surface area contributed by atoms with Crippen LogP contribution in [0.25, 0.3) is 11.4 Å². The molecule has 1 aliphatic rings. The van der Waals surface area contributed by atoms with E-state index in [1.165, 1.54) is 0 Å². The number of benzene rings is 1. The number of aliphatic hydroxyl groups excluding tert-OH is 1. The van der Waals surface area contributed by atoms with Gasteiger partial charge in [-0.2, -0.15) is 4.98 Å². The van der Waals surface area contributed by atoms with Gasteiger partial charge < -0.3 is 14.9 Å². The van der Waals surface area contributed by atoms with Crippen LogP contribution in [0.5, 0.6) is 0 Å². The highest BCUT2D eigenvalue weighted by Crippen LogP contribution is 2.24. The van der Waals surface area contributed by atoms with Crippen molar-refractivity contribution in [3.8, 4) is 11.4 Å². The van der Waals surface area contributed by atoms with Crippen molar-refractivity contribution < 1.29 is 9.63 Å². The van der Waals surface area contributed by atoms with E-state index in [-0.39, 0.29) is 12.1 Å². The molecule has 0 radical (unpaired) electrons. The van der Waals surface area contributed by atoms with Crippen molar-refractivity contribution in [2.45, 2.75) is 18.6 Å². The lowest BCUT2D eigenvalue weighted by molar-refractivity contribution is 0.191. The van der Waals surface area contributed by atoms with E-state index in [0.29, 0.717) is 24.7 Å². The van der Waals surface area contributed by atoms with Crippen LogP contribution >= 0.6 is 0 Å². The summed E-state index contributed by atoms with van der Waals surface area (Å²) in [5.41, 5.74) is 0.932. The van der Waals surface area contributed by atoms with Crippen LogP contribution in [0.4, 0.5) is 0 Å². The Hall–Kier alpha value is -1.72. The summed E-state index contributed by atoms with van der Waals surface area (Å²) in [6.45, 7) is 0.577. The maximum absolute atomic E-state index is 9.43. The highest BCUT2D eigenvalue weighted by atomic mass is 16.5. The minimum atomic E-state index is -0.327. The Labute approximate surface area is 98.5 Å². The molecule has 2 N–H and O–H groups in total. The minimum absolute atomic E-state index is 0.0324. The van der Waals surface area contributed by atoms with Gasteiger partial charge in [-0.3, -0.25) is 0 Å².